The van der Waals surface area contributed by atoms with Gasteiger partial charge in [0.1, 0.15) is 0 Å². The predicted molar refractivity (Wildman–Crippen MR) is 55.9 cm³/mol. The number of rotatable bonds is 1. The fraction of sp³-hybridized carbons (Fsp3) is 0.750. The second-order valence-electron chi connectivity index (χ2n) is 3.59. The van der Waals surface area contributed by atoms with E-state index in [1.165, 1.54) is 12.2 Å². The number of hydrogen-bond acceptors (Lipinski definition) is 4. The van der Waals surface area contributed by atoms with Crippen molar-refractivity contribution in [1.82, 2.24) is 10.1 Å². The third-order valence-electron chi connectivity index (χ3n) is 2.36. The van der Waals surface area contributed by atoms with E-state index in [0.717, 1.165) is 18.1 Å². The minimum atomic E-state index is 0.0853. The molecule has 0 radical (unpaired) electrons. The number of aromatic nitrogens is 2. The highest BCUT2D eigenvalue weighted by atomic mass is 79.9. The second kappa shape index (κ2) is 3.61. The van der Waals surface area contributed by atoms with Crippen LogP contribution in [-0.2, 0) is 5.41 Å². The molecule has 1 unspecified atom stereocenters. The highest BCUT2D eigenvalue weighted by molar-refractivity contribution is 9.10. The quantitative estimate of drug-likeness (QED) is 0.780. The monoisotopic (exact) mass is 262 g/mol. The van der Waals surface area contributed by atoms with Crippen molar-refractivity contribution < 1.29 is 4.52 Å². The van der Waals surface area contributed by atoms with Crippen LogP contribution in [0, 0.1) is 0 Å². The summed E-state index contributed by atoms with van der Waals surface area (Å²) in [4.78, 5) is 4.23. The molecule has 2 rings (SSSR count). The molecule has 13 heavy (non-hydrogen) atoms. The van der Waals surface area contributed by atoms with Gasteiger partial charge < -0.3 is 4.52 Å². The summed E-state index contributed by atoms with van der Waals surface area (Å²) in [5.74, 6) is 3.11. The minimum Gasteiger partial charge on any atom is -0.338 e. The normalized spacial score (nSPS) is 29.1. The van der Waals surface area contributed by atoms with Crippen molar-refractivity contribution in [2.24, 2.45) is 0 Å². The van der Waals surface area contributed by atoms with Crippen molar-refractivity contribution in [2.75, 3.05) is 11.5 Å². The molecule has 0 aliphatic carbocycles. The lowest BCUT2D eigenvalue weighted by Crippen LogP contribution is -2.29. The molecule has 0 aromatic carbocycles. The summed E-state index contributed by atoms with van der Waals surface area (Å²) < 4.78 is 5.74. The molecule has 1 fully saturated rings. The van der Waals surface area contributed by atoms with E-state index in [9.17, 15) is 0 Å². The Kier molecular flexibility index (Phi) is 2.65. The number of nitrogens with zero attached hydrogens (tertiary/aromatic N) is 2. The molecule has 5 heteroatoms. The summed E-state index contributed by atoms with van der Waals surface area (Å²) in [6.45, 7) is 2.19. The molecule has 1 aromatic rings. The van der Waals surface area contributed by atoms with Crippen LogP contribution in [0.15, 0.2) is 9.26 Å². The topological polar surface area (TPSA) is 38.9 Å². The molecule has 2 heterocycles. The first-order valence-electron chi connectivity index (χ1n) is 4.28. The molecule has 3 nitrogen and oxygen atoms in total. The average molecular weight is 263 g/mol. The van der Waals surface area contributed by atoms with Crippen LogP contribution >= 0.6 is 27.7 Å². The van der Waals surface area contributed by atoms with Gasteiger partial charge in [0.25, 0.3) is 0 Å². The Balaban J connectivity index is 2.22. The standard InChI is InChI=1S/C8H11BrN2OS/c1-8(3-2-4-13-5-8)6-10-7(9)11-12-6/h2-5H2,1H3. The van der Waals surface area contributed by atoms with Crippen molar-refractivity contribution in [3.63, 3.8) is 0 Å². The van der Waals surface area contributed by atoms with Gasteiger partial charge in [0.15, 0.2) is 0 Å². The zero-order chi connectivity index (χ0) is 9.31. The van der Waals surface area contributed by atoms with Gasteiger partial charge in [-0.25, -0.2) is 0 Å². The van der Waals surface area contributed by atoms with Gasteiger partial charge in [-0.05, 0) is 46.6 Å². The van der Waals surface area contributed by atoms with Crippen LogP contribution < -0.4 is 0 Å². The van der Waals surface area contributed by atoms with Gasteiger partial charge in [-0.3, -0.25) is 0 Å². The maximum Gasteiger partial charge on any atom is 0.238 e. The third-order valence-corrected chi connectivity index (χ3v) is 4.10. The molecular formula is C8H11BrN2OS. The lowest BCUT2D eigenvalue weighted by molar-refractivity contribution is 0.294. The van der Waals surface area contributed by atoms with E-state index in [4.69, 9.17) is 4.52 Å². The maximum absolute atomic E-state index is 5.19. The van der Waals surface area contributed by atoms with Crippen LogP contribution in [0.25, 0.3) is 0 Å². The van der Waals surface area contributed by atoms with Crippen molar-refractivity contribution in [3.8, 4) is 0 Å². The van der Waals surface area contributed by atoms with Crippen molar-refractivity contribution in [2.45, 2.75) is 25.2 Å². The van der Waals surface area contributed by atoms with E-state index in [1.807, 2.05) is 11.8 Å². The first-order chi connectivity index (χ1) is 6.21. The summed E-state index contributed by atoms with van der Waals surface area (Å²) in [7, 11) is 0. The van der Waals surface area contributed by atoms with E-state index in [2.05, 4.69) is 33.0 Å². The molecule has 0 spiro atoms. The van der Waals surface area contributed by atoms with Gasteiger partial charge in [-0.2, -0.15) is 16.7 Å². The van der Waals surface area contributed by atoms with Crippen LogP contribution in [0.4, 0.5) is 0 Å². The molecule has 0 saturated carbocycles. The number of halogens is 1. The summed E-state index contributed by atoms with van der Waals surface area (Å²) >= 11 is 5.16. The van der Waals surface area contributed by atoms with Crippen molar-refractivity contribution in [1.29, 1.82) is 0 Å². The SMILES string of the molecule is CC1(c2nc(Br)no2)CCCSC1. The molecule has 0 amide bonds. The van der Waals surface area contributed by atoms with Crippen molar-refractivity contribution in [3.05, 3.63) is 10.6 Å². The number of thioether (sulfide) groups is 1. The highest BCUT2D eigenvalue weighted by Crippen LogP contribution is 2.36. The Hall–Kier alpha value is -0.0300. The smallest absolute Gasteiger partial charge is 0.238 e. The lowest BCUT2D eigenvalue weighted by Gasteiger charge is -2.28. The van der Waals surface area contributed by atoms with Gasteiger partial charge in [0.2, 0.25) is 10.6 Å². The van der Waals surface area contributed by atoms with Gasteiger partial charge in [0.05, 0.1) is 5.41 Å². The first kappa shape index (κ1) is 9.52. The summed E-state index contributed by atoms with van der Waals surface area (Å²) in [5.41, 5.74) is 0.0853. The Morgan fingerprint density at radius 3 is 3.00 bits per heavy atom. The highest BCUT2D eigenvalue weighted by Gasteiger charge is 2.34. The minimum absolute atomic E-state index is 0.0853. The fourth-order valence-corrected chi connectivity index (χ4v) is 3.00. The van der Waals surface area contributed by atoms with Crippen LogP contribution in [0.2, 0.25) is 0 Å². The predicted octanol–water partition coefficient (Wildman–Crippen LogP) is 2.62. The lowest BCUT2D eigenvalue weighted by atomic mass is 9.87. The maximum atomic E-state index is 5.19. The second-order valence-corrected chi connectivity index (χ2v) is 5.40. The van der Waals surface area contributed by atoms with E-state index < -0.39 is 0 Å². The summed E-state index contributed by atoms with van der Waals surface area (Å²) in [5, 5.41) is 3.76. The molecule has 0 N–H and O–H groups in total. The van der Waals surface area contributed by atoms with Crippen LogP contribution in [0.1, 0.15) is 25.7 Å². The molecule has 72 valence electrons. The Morgan fingerprint density at radius 1 is 1.62 bits per heavy atom. The van der Waals surface area contributed by atoms with Gasteiger partial charge in [0, 0.05) is 5.75 Å². The van der Waals surface area contributed by atoms with E-state index >= 15 is 0 Å². The van der Waals surface area contributed by atoms with E-state index in [1.54, 1.807) is 0 Å². The molecule has 1 aromatic heterocycles. The largest absolute Gasteiger partial charge is 0.338 e. The number of hydrogen-bond donors (Lipinski definition) is 0. The molecule has 1 saturated heterocycles. The Labute approximate surface area is 89.8 Å². The molecular weight excluding hydrogens is 252 g/mol. The molecule has 1 aliphatic heterocycles. The van der Waals surface area contributed by atoms with Crippen LogP contribution in [-0.4, -0.2) is 21.6 Å². The Bertz CT molecular complexity index is 296. The summed E-state index contributed by atoms with van der Waals surface area (Å²) in [6.07, 6.45) is 2.38. The van der Waals surface area contributed by atoms with E-state index in [0.29, 0.717) is 4.73 Å². The molecule has 1 aliphatic rings. The van der Waals surface area contributed by atoms with Gasteiger partial charge in [-0.1, -0.05) is 0 Å². The van der Waals surface area contributed by atoms with Gasteiger partial charge in [-0.15, -0.1) is 0 Å². The van der Waals surface area contributed by atoms with Crippen LogP contribution in [0.5, 0.6) is 0 Å². The zero-order valence-corrected chi connectivity index (χ0v) is 9.82. The first-order valence-corrected chi connectivity index (χ1v) is 6.23. The van der Waals surface area contributed by atoms with Crippen LogP contribution in [0.3, 0.4) is 0 Å². The fourth-order valence-electron chi connectivity index (χ4n) is 1.55. The molecule has 1 atom stereocenters. The molecule has 0 bridgehead atoms. The Morgan fingerprint density at radius 2 is 2.46 bits per heavy atom. The average Bonchev–Trinajstić information content (AvgIpc) is 2.54. The third kappa shape index (κ3) is 1.91. The summed E-state index contributed by atoms with van der Waals surface area (Å²) in [6, 6.07) is 0. The van der Waals surface area contributed by atoms with Crippen molar-refractivity contribution >= 4 is 27.7 Å². The van der Waals surface area contributed by atoms with Gasteiger partial charge >= 0.3 is 0 Å². The van der Waals surface area contributed by atoms with E-state index in [-0.39, 0.29) is 5.41 Å². The zero-order valence-electron chi connectivity index (χ0n) is 7.42.